The summed E-state index contributed by atoms with van der Waals surface area (Å²) in [6.45, 7) is 0. The molecule has 0 saturated carbocycles. The van der Waals surface area contributed by atoms with Crippen LogP contribution < -0.4 is 0 Å². The summed E-state index contributed by atoms with van der Waals surface area (Å²) in [6, 6.07) is 0. The summed E-state index contributed by atoms with van der Waals surface area (Å²) < 4.78 is 0. The van der Waals surface area contributed by atoms with Crippen LogP contribution in [-0.2, 0) is 33.6 Å². The van der Waals surface area contributed by atoms with Crippen molar-refractivity contribution in [1.29, 1.82) is 0 Å². The molecule has 0 radical (unpaired) electrons. The Hall–Kier alpha value is 2.08. The fraction of sp³-hybridized carbons (Fsp3) is 0. The van der Waals surface area contributed by atoms with Gasteiger partial charge in [0.2, 0.25) is 0 Å². The van der Waals surface area contributed by atoms with Gasteiger partial charge in [-0.25, -0.2) is 0 Å². The Labute approximate surface area is 67.8 Å². The first-order chi connectivity index (χ1) is 0. The van der Waals surface area contributed by atoms with Gasteiger partial charge in [-0.05, 0) is 0 Å². The van der Waals surface area contributed by atoms with Gasteiger partial charge in [-0.3, -0.25) is 0 Å². The normalized spacial score (nSPS) is 0. The van der Waals surface area contributed by atoms with Crippen molar-refractivity contribution in [3.05, 3.63) is 0 Å². The van der Waals surface area contributed by atoms with E-state index >= 15 is 0 Å². The van der Waals surface area contributed by atoms with Gasteiger partial charge in [-0.2, -0.15) is 0 Å². The van der Waals surface area contributed by atoms with Crippen LogP contribution in [0.15, 0.2) is 0 Å². The van der Waals surface area contributed by atoms with Crippen LogP contribution in [0, 0.1) is 0 Å². The Balaban J connectivity index is 0. The summed E-state index contributed by atoms with van der Waals surface area (Å²) in [7, 11) is 0. The molecular formula is H6Al2FeNi. The standard InChI is InChI=1S/2Al.Fe.Ni.6H. The molecule has 0 heterocycles. The molecule has 0 N–H and O–H groups in total. The molecule has 4 heavy (non-hydrogen) atoms. The maximum atomic E-state index is 0. The molecule has 4 heteroatoms. The van der Waals surface area contributed by atoms with E-state index in [9.17, 15) is 0 Å². The topological polar surface area (TPSA) is 0 Å². The van der Waals surface area contributed by atoms with E-state index in [1.807, 2.05) is 0 Å². The van der Waals surface area contributed by atoms with Gasteiger partial charge in [0.1, 0.15) is 0 Å². The van der Waals surface area contributed by atoms with Gasteiger partial charge in [0.15, 0.2) is 34.7 Å². The van der Waals surface area contributed by atoms with Crippen LogP contribution in [0.1, 0.15) is 0 Å². The average molecular weight is 175 g/mol. The van der Waals surface area contributed by atoms with E-state index in [1.54, 1.807) is 0 Å². The summed E-state index contributed by atoms with van der Waals surface area (Å²) in [5.74, 6) is 0. The van der Waals surface area contributed by atoms with Crippen molar-refractivity contribution >= 4 is 34.7 Å². The van der Waals surface area contributed by atoms with Gasteiger partial charge in [0.25, 0.3) is 0 Å². The second kappa shape index (κ2) is 19.6. The van der Waals surface area contributed by atoms with Gasteiger partial charge in [-0.1, -0.05) is 0 Å². The van der Waals surface area contributed by atoms with E-state index < -0.39 is 0 Å². The molecule has 0 nitrogen and oxygen atoms in total. The van der Waals surface area contributed by atoms with Crippen LogP contribution >= 0.6 is 0 Å². The summed E-state index contributed by atoms with van der Waals surface area (Å²) in [6.07, 6.45) is 0. The van der Waals surface area contributed by atoms with Crippen molar-refractivity contribution in [1.82, 2.24) is 0 Å². The smallest absolute Gasteiger partial charge is 0 e. The Bertz CT molecular complexity index is 6.00. The third kappa shape index (κ3) is 8.95. The van der Waals surface area contributed by atoms with Gasteiger partial charge in [-0.15, -0.1) is 0 Å². The summed E-state index contributed by atoms with van der Waals surface area (Å²) in [5, 5.41) is 0. The Morgan fingerprint density at radius 3 is 0.750 bits per heavy atom. The van der Waals surface area contributed by atoms with Crippen molar-refractivity contribution in [3.63, 3.8) is 0 Å². The molecule has 0 aliphatic rings. The molecule has 0 aromatic heterocycles. The van der Waals surface area contributed by atoms with Gasteiger partial charge in [0.05, 0.1) is 0 Å². The Morgan fingerprint density at radius 1 is 0.750 bits per heavy atom. The van der Waals surface area contributed by atoms with E-state index in [0.717, 1.165) is 0 Å². The van der Waals surface area contributed by atoms with Crippen molar-refractivity contribution in [3.8, 4) is 0 Å². The monoisotopic (exact) mass is 174 g/mol. The van der Waals surface area contributed by atoms with Crippen molar-refractivity contribution in [2.45, 2.75) is 0 Å². The minimum Gasteiger partial charge on any atom is 0 e. The molecule has 0 spiro atoms. The van der Waals surface area contributed by atoms with Gasteiger partial charge < -0.3 is 0 Å². The molecular weight excluding hydrogens is 169 g/mol. The van der Waals surface area contributed by atoms with E-state index in [0.29, 0.717) is 0 Å². The number of rotatable bonds is 0. The predicted octanol–water partition coefficient (Wildman–Crippen LogP) is -2.37. The molecule has 0 aromatic rings. The zero-order valence-electron chi connectivity index (χ0n) is 0.670. The SMILES string of the molecule is [AlH3].[AlH3].[Fe].[Ni]. The fourth-order valence-corrected chi connectivity index (χ4v) is 0. The molecule has 0 atom stereocenters. The quantitative estimate of drug-likeness (QED) is 0.360. The molecule has 0 rings (SSSR count). The van der Waals surface area contributed by atoms with Crippen LogP contribution in [0.5, 0.6) is 0 Å². The zero-order valence-corrected chi connectivity index (χ0v) is 2.76. The van der Waals surface area contributed by atoms with E-state index in [-0.39, 0.29) is 68.3 Å². The van der Waals surface area contributed by atoms with Crippen LogP contribution in [0.2, 0.25) is 0 Å². The van der Waals surface area contributed by atoms with E-state index in [4.69, 9.17) is 0 Å². The maximum absolute atomic E-state index is 0. The molecule has 0 aromatic carbocycles. The third-order valence-corrected chi connectivity index (χ3v) is 0. The molecule has 0 fully saturated rings. The van der Waals surface area contributed by atoms with E-state index in [1.165, 1.54) is 0 Å². The molecule has 0 unspecified atom stereocenters. The third-order valence-electron chi connectivity index (χ3n) is 0. The van der Waals surface area contributed by atoms with Crippen molar-refractivity contribution < 1.29 is 33.6 Å². The van der Waals surface area contributed by atoms with E-state index in [2.05, 4.69) is 0 Å². The molecule has 0 aliphatic carbocycles. The minimum absolute atomic E-state index is 0. The number of hydrogen-bond donors (Lipinski definition) is 0. The zero-order chi connectivity index (χ0) is 0. The number of hydrogen-bond acceptors (Lipinski definition) is 0. The van der Waals surface area contributed by atoms with Crippen LogP contribution in [0.4, 0.5) is 0 Å². The summed E-state index contributed by atoms with van der Waals surface area (Å²) in [5.41, 5.74) is 0. The molecule has 0 saturated heterocycles. The first kappa shape index (κ1) is 36.3. The molecule has 0 bridgehead atoms. The molecule has 0 aliphatic heterocycles. The maximum Gasteiger partial charge on any atom is 0.187 e. The fourth-order valence-electron chi connectivity index (χ4n) is 0. The Morgan fingerprint density at radius 2 is 0.750 bits per heavy atom. The second-order valence-corrected chi connectivity index (χ2v) is 0. The molecule has 30 valence electrons. The van der Waals surface area contributed by atoms with Crippen LogP contribution in [-0.4, -0.2) is 34.7 Å². The van der Waals surface area contributed by atoms with Gasteiger partial charge in [0, 0.05) is 33.6 Å². The first-order valence-corrected chi connectivity index (χ1v) is 0. The second-order valence-electron chi connectivity index (χ2n) is 0. The van der Waals surface area contributed by atoms with Crippen molar-refractivity contribution in [2.24, 2.45) is 0 Å². The summed E-state index contributed by atoms with van der Waals surface area (Å²) >= 11 is 0. The average Bonchev–Trinajstić information content (AvgIpc) is 0. The van der Waals surface area contributed by atoms with Gasteiger partial charge >= 0.3 is 0 Å². The largest absolute Gasteiger partial charge is 0.187 e. The molecule has 0 amide bonds. The minimum atomic E-state index is 0. The Kier molecular flexibility index (Phi) is 177. The van der Waals surface area contributed by atoms with Crippen LogP contribution in [0.25, 0.3) is 0 Å². The summed E-state index contributed by atoms with van der Waals surface area (Å²) in [4.78, 5) is 0. The van der Waals surface area contributed by atoms with Crippen molar-refractivity contribution in [2.75, 3.05) is 0 Å². The van der Waals surface area contributed by atoms with Crippen LogP contribution in [0.3, 0.4) is 0 Å². The first-order valence-electron chi connectivity index (χ1n) is 0. The predicted molar refractivity (Wildman–Crippen MR) is 19.9 cm³/mol.